The molecule has 0 aromatic heterocycles. The van der Waals surface area contributed by atoms with Gasteiger partial charge in [-0.2, -0.15) is 16.8 Å². The molecular formula is C38H64O12S2Sn2. The first-order chi connectivity index (χ1) is 25.4. The van der Waals surface area contributed by atoms with Crippen LogP contribution >= 0.6 is 0 Å². The Hall–Kier alpha value is -1.60. The van der Waals surface area contributed by atoms with Gasteiger partial charge in [0.05, 0.1) is 20.9 Å². The zero-order valence-corrected chi connectivity index (χ0v) is 40.4. The van der Waals surface area contributed by atoms with Crippen LogP contribution in [0.4, 0.5) is 0 Å². The molecule has 0 saturated heterocycles. The monoisotopic (exact) mass is 1020 g/mol. The summed E-state index contributed by atoms with van der Waals surface area (Å²) in [4.78, 5) is 19.0. The molecule has 0 aliphatic carbocycles. The molecule has 0 aliphatic heterocycles. The van der Waals surface area contributed by atoms with Crippen LogP contribution in [-0.4, -0.2) is 87.6 Å². The maximum Gasteiger partial charge on any atom is 0.335 e. The van der Waals surface area contributed by atoms with Crippen molar-refractivity contribution in [2.24, 2.45) is 0 Å². The summed E-state index contributed by atoms with van der Waals surface area (Å²) in [5, 5.41) is 39.2. The second-order valence-electron chi connectivity index (χ2n) is 12.9. The van der Waals surface area contributed by atoms with Gasteiger partial charge >= 0.3 is 197 Å². The summed E-state index contributed by atoms with van der Waals surface area (Å²) in [7, 11) is -9.33. The second-order valence-corrected chi connectivity index (χ2v) is 32.9. The van der Waals surface area contributed by atoms with E-state index in [1.165, 1.54) is 77.0 Å². The molecule has 0 unspecified atom stereocenters. The Morgan fingerprint density at radius 1 is 0.500 bits per heavy atom. The van der Waals surface area contributed by atoms with Gasteiger partial charge in [-0.1, -0.05) is 23.6 Å². The number of carbonyl (C=O) groups is 2. The van der Waals surface area contributed by atoms with Crippen molar-refractivity contribution in [3.63, 3.8) is 0 Å². The van der Waals surface area contributed by atoms with Crippen molar-refractivity contribution in [3.05, 3.63) is 47.5 Å². The molecule has 0 bridgehead atoms. The first-order valence-corrected chi connectivity index (χ1v) is 34.0. The molecule has 2 rings (SSSR count). The first kappa shape index (κ1) is 54.5. The van der Waals surface area contributed by atoms with E-state index in [-0.39, 0.29) is 0 Å². The minimum atomic E-state index is -4.67. The second kappa shape index (κ2) is 31.5. The Kier molecular flexibility index (Phi) is 31.8. The number of para-hydroxylation sites is 2. The summed E-state index contributed by atoms with van der Waals surface area (Å²) in [5.74, 6) is -5.52. The SMILES string of the molecule is CCC[CH2][Sn+]([CH2]CCC)[CH2]CCC.CCC[CH2][Sn+]([CH2]CCC)[CH2]CCC.O=C(O)c1cccc(S(=O)(=O)O)c1[O-].O=C(O)c1cccc(S(=O)(=O)O)c1[O-]. The van der Waals surface area contributed by atoms with Gasteiger partial charge in [0.2, 0.25) is 0 Å². The number of hydrogen-bond acceptors (Lipinski definition) is 8. The van der Waals surface area contributed by atoms with Gasteiger partial charge in [-0.05, 0) is 24.3 Å². The molecule has 0 saturated carbocycles. The number of benzene rings is 2. The topological polar surface area (TPSA) is 229 Å². The molecule has 308 valence electrons. The fourth-order valence-corrected chi connectivity index (χ4v) is 25.2. The Balaban J connectivity index is 0. The van der Waals surface area contributed by atoms with E-state index in [0.717, 1.165) is 36.4 Å². The third-order valence-electron chi connectivity index (χ3n) is 8.28. The molecule has 16 heteroatoms. The fraction of sp³-hybridized carbons (Fsp3) is 0.632. The summed E-state index contributed by atoms with van der Waals surface area (Å²) >= 11 is -1.68. The molecule has 0 heterocycles. The van der Waals surface area contributed by atoms with Crippen molar-refractivity contribution in [2.75, 3.05) is 0 Å². The van der Waals surface area contributed by atoms with E-state index in [1.54, 1.807) is 26.6 Å². The van der Waals surface area contributed by atoms with Gasteiger partial charge in [-0.3, -0.25) is 9.11 Å². The molecule has 54 heavy (non-hydrogen) atoms. The van der Waals surface area contributed by atoms with Gasteiger partial charge in [0, 0.05) is 0 Å². The normalized spacial score (nSPS) is 10.8. The van der Waals surface area contributed by atoms with Crippen LogP contribution in [-0.2, 0) is 20.2 Å². The summed E-state index contributed by atoms with van der Waals surface area (Å²) in [6.07, 6.45) is 17.7. The Morgan fingerprint density at radius 2 is 0.722 bits per heavy atom. The Bertz CT molecular complexity index is 1400. The van der Waals surface area contributed by atoms with Gasteiger partial charge in [-0.15, -0.1) is 0 Å². The van der Waals surface area contributed by atoms with E-state index in [2.05, 4.69) is 41.5 Å². The molecule has 0 spiro atoms. The predicted molar refractivity (Wildman–Crippen MR) is 215 cm³/mol. The smallest absolute Gasteiger partial charge is 0.335 e. The predicted octanol–water partition coefficient (Wildman–Crippen LogP) is 9.17. The van der Waals surface area contributed by atoms with Crippen LogP contribution in [0, 0.1) is 0 Å². The average Bonchev–Trinajstić information content (AvgIpc) is 3.10. The van der Waals surface area contributed by atoms with Crippen LogP contribution in [0.5, 0.6) is 11.5 Å². The van der Waals surface area contributed by atoms with E-state index in [4.69, 9.17) is 19.3 Å². The summed E-state index contributed by atoms with van der Waals surface area (Å²) in [6, 6.07) is 5.72. The van der Waals surface area contributed by atoms with Crippen LogP contribution in [0.3, 0.4) is 0 Å². The molecule has 0 radical (unpaired) electrons. The van der Waals surface area contributed by atoms with Crippen LogP contribution in [0.1, 0.15) is 139 Å². The molecule has 0 aliphatic rings. The van der Waals surface area contributed by atoms with Crippen molar-refractivity contribution >= 4 is 71.7 Å². The van der Waals surface area contributed by atoms with E-state index < -0.39 is 104 Å². The molecule has 2 aromatic carbocycles. The van der Waals surface area contributed by atoms with Crippen LogP contribution in [0.15, 0.2) is 46.2 Å². The van der Waals surface area contributed by atoms with Crippen LogP contribution in [0.25, 0.3) is 0 Å². The molecule has 0 fully saturated rings. The van der Waals surface area contributed by atoms with Gasteiger partial charge in [0.1, 0.15) is 0 Å². The quantitative estimate of drug-likeness (QED) is 0.0639. The number of unbranched alkanes of at least 4 members (excludes halogenated alkanes) is 6. The average molecular weight is 1010 g/mol. The molecule has 12 nitrogen and oxygen atoms in total. The Labute approximate surface area is 339 Å². The number of carboxylic acid groups (broad SMARTS) is 2. The third kappa shape index (κ3) is 24.8. The number of aromatic carboxylic acids is 2. The van der Waals surface area contributed by atoms with Crippen LogP contribution < -0.4 is 10.2 Å². The van der Waals surface area contributed by atoms with Gasteiger partial charge in [0.25, 0.3) is 20.2 Å². The molecule has 0 atom stereocenters. The van der Waals surface area contributed by atoms with Gasteiger partial charge < -0.3 is 20.4 Å². The largest absolute Gasteiger partial charge is 0.871 e. The minimum Gasteiger partial charge on any atom is -0.871 e. The van der Waals surface area contributed by atoms with E-state index in [0.29, 0.717) is 0 Å². The molecular weight excluding hydrogens is 950 g/mol. The Morgan fingerprint density at radius 3 is 0.889 bits per heavy atom. The molecule has 4 N–H and O–H groups in total. The maximum absolute atomic E-state index is 11.1. The molecule has 0 amide bonds. The van der Waals surface area contributed by atoms with Gasteiger partial charge in [-0.25, -0.2) is 9.59 Å². The zero-order chi connectivity index (χ0) is 41.7. The number of carboxylic acids is 2. The minimum absolute atomic E-state index is 0.694. The van der Waals surface area contributed by atoms with Crippen molar-refractivity contribution in [1.82, 2.24) is 0 Å². The number of hydrogen-bond donors (Lipinski definition) is 4. The van der Waals surface area contributed by atoms with E-state index >= 15 is 0 Å². The first-order valence-electron chi connectivity index (χ1n) is 19.1. The van der Waals surface area contributed by atoms with Crippen LogP contribution in [0.2, 0.25) is 26.6 Å². The van der Waals surface area contributed by atoms with E-state index in [9.17, 15) is 36.6 Å². The maximum atomic E-state index is 11.1. The summed E-state index contributed by atoms with van der Waals surface area (Å²) in [5.41, 5.74) is -1.39. The van der Waals surface area contributed by atoms with Crippen molar-refractivity contribution in [2.45, 2.75) is 155 Å². The summed E-state index contributed by atoms with van der Waals surface area (Å²) in [6.45, 7) is 14.0. The fourth-order valence-electron chi connectivity index (χ4n) is 5.09. The van der Waals surface area contributed by atoms with Crippen molar-refractivity contribution < 1.29 is 56.0 Å². The zero-order valence-electron chi connectivity index (χ0n) is 33.1. The van der Waals surface area contributed by atoms with Gasteiger partial charge in [0.15, 0.2) is 0 Å². The standard InChI is InChI=1S/2C7H6O6S.6C4H9.2Sn/c2*8-6-4(7(9)10)2-1-3-5(6)14(11,12)13;6*1-3-4-2;;/h2*1-3,8H,(H,9,10)(H,11,12,13);6*1,3-4H2,2H3;;/q;;;;;;;;2*+1/p-2. The third-order valence-corrected chi connectivity index (χ3v) is 28.2. The van der Waals surface area contributed by atoms with Crippen molar-refractivity contribution in [3.8, 4) is 11.5 Å². The summed E-state index contributed by atoms with van der Waals surface area (Å²) < 4.78 is 69.6. The number of rotatable bonds is 22. The van der Waals surface area contributed by atoms with E-state index in [1.807, 2.05) is 0 Å². The van der Waals surface area contributed by atoms with Crippen molar-refractivity contribution in [1.29, 1.82) is 0 Å². The molecule has 2 aromatic rings.